The minimum atomic E-state index is -1.16. The van der Waals surface area contributed by atoms with Crippen LogP contribution in [0.4, 0.5) is 4.79 Å². The first kappa shape index (κ1) is 15.2. The van der Waals surface area contributed by atoms with Crippen LogP contribution in [0.25, 0.3) is 0 Å². The topological polar surface area (TPSA) is 102 Å². The molecule has 102 valence electrons. The number of carboxylic acid groups (broad SMARTS) is 1. The fourth-order valence-electron chi connectivity index (χ4n) is 1.14. The molecule has 0 spiro atoms. The summed E-state index contributed by atoms with van der Waals surface area (Å²) in [5.41, 5.74) is -0.0576. The molecule has 1 aromatic rings. The lowest BCUT2D eigenvalue weighted by molar-refractivity contribution is -0.122. The predicted octanol–water partition coefficient (Wildman–Crippen LogP) is 1.25. The third-order valence-corrected chi connectivity index (χ3v) is 2.63. The molecule has 1 aromatic carbocycles. The van der Waals surface area contributed by atoms with Crippen molar-refractivity contribution >= 4 is 40.6 Å². The largest absolute Gasteiger partial charge is 0.483 e. The van der Waals surface area contributed by atoms with Crippen molar-refractivity contribution in [1.29, 1.82) is 0 Å². The molecule has 0 saturated carbocycles. The Labute approximate surface area is 122 Å². The van der Waals surface area contributed by atoms with Gasteiger partial charge >= 0.3 is 12.1 Å². The monoisotopic (exact) mass is 379 g/mol. The second kappa shape index (κ2) is 6.92. The van der Waals surface area contributed by atoms with Crippen LogP contribution in [0.2, 0.25) is 0 Å². The van der Waals surface area contributed by atoms with E-state index in [0.29, 0.717) is 0 Å². The molecule has 0 bridgehead atoms. The van der Waals surface area contributed by atoms with Gasteiger partial charge in [0, 0.05) is 3.57 Å². The third kappa shape index (κ3) is 4.73. The predicted molar refractivity (Wildman–Crippen MR) is 72.2 cm³/mol. The van der Waals surface area contributed by atoms with Crippen LogP contribution in [0.15, 0.2) is 18.2 Å². The molecule has 7 nitrogen and oxygen atoms in total. The van der Waals surface area contributed by atoms with E-state index in [1.165, 1.54) is 12.1 Å². The van der Waals surface area contributed by atoms with Crippen LogP contribution in [0, 0.1) is 3.57 Å². The highest BCUT2D eigenvalue weighted by Gasteiger charge is 2.14. The number of rotatable bonds is 4. The average molecular weight is 379 g/mol. The van der Waals surface area contributed by atoms with Crippen molar-refractivity contribution in [2.45, 2.75) is 0 Å². The summed E-state index contributed by atoms with van der Waals surface area (Å²) in [5, 5.41) is 10.9. The van der Waals surface area contributed by atoms with E-state index in [2.05, 4.69) is 4.74 Å². The minimum Gasteiger partial charge on any atom is -0.483 e. The Bertz CT molecular complexity index is 516. The zero-order valence-electron chi connectivity index (χ0n) is 9.81. The van der Waals surface area contributed by atoms with Crippen LogP contribution >= 0.6 is 22.6 Å². The zero-order chi connectivity index (χ0) is 14.4. The number of hydrogen-bond acceptors (Lipinski definition) is 5. The van der Waals surface area contributed by atoms with E-state index in [-0.39, 0.29) is 11.3 Å². The van der Waals surface area contributed by atoms with Crippen LogP contribution < -0.4 is 10.1 Å². The summed E-state index contributed by atoms with van der Waals surface area (Å²) in [4.78, 5) is 33.0. The van der Waals surface area contributed by atoms with Crippen molar-refractivity contribution in [1.82, 2.24) is 5.32 Å². The normalized spacial score (nSPS) is 9.58. The molecule has 0 aromatic heterocycles. The summed E-state index contributed by atoms with van der Waals surface area (Å²) in [6.07, 6.45) is -0.908. The van der Waals surface area contributed by atoms with Crippen LogP contribution in [-0.4, -0.2) is 36.8 Å². The Hall–Kier alpha value is -1.84. The summed E-state index contributed by atoms with van der Waals surface area (Å²) in [7, 11) is 1.12. The van der Waals surface area contributed by atoms with Gasteiger partial charge in [0.25, 0.3) is 5.91 Å². The second-order valence-corrected chi connectivity index (χ2v) is 4.52. The number of benzene rings is 1. The van der Waals surface area contributed by atoms with Crippen molar-refractivity contribution in [3.05, 3.63) is 27.3 Å². The molecule has 0 aliphatic carbocycles. The first-order valence-electron chi connectivity index (χ1n) is 4.97. The number of methoxy groups -OCH3 is 1. The number of amides is 2. The summed E-state index contributed by atoms with van der Waals surface area (Å²) in [5.74, 6) is -1.85. The number of ether oxygens (including phenoxy) is 2. The SMILES string of the molecule is COC(=O)NC(=O)COc1ccc(I)cc1C(=O)O. The highest BCUT2D eigenvalue weighted by molar-refractivity contribution is 14.1. The summed E-state index contributed by atoms with van der Waals surface area (Å²) < 4.78 is 10.0. The second-order valence-electron chi connectivity index (χ2n) is 3.27. The molecule has 8 heteroatoms. The Morgan fingerprint density at radius 1 is 1.37 bits per heavy atom. The average Bonchev–Trinajstić information content (AvgIpc) is 2.36. The maximum Gasteiger partial charge on any atom is 0.413 e. The van der Waals surface area contributed by atoms with Gasteiger partial charge < -0.3 is 14.6 Å². The van der Waals surface area contributed by atoms with Crippen molar-refractivity contribution in [3.63, 3.8) is 0 Å². The molecule has 2 N–H and O–H groups in total. The minimum absolute atomic E-state index is 0.0490. The van der Waals surface area contributed by atoms with E-state index in [0.717, 1.165) is 10.7 Å². The van der Waals surface area contributed by atoms with Crippen LogP contribution in [0.5, 0.6) is 5.75 Å². The molecule has 0 saturated heterocycles. The lowest BCUT2D eigenvalue weighted by atomic mass is 10.2. The molecule has 0 fully saturated rings. The van der Waals surface area contributed by atoms with E-state index in [4.69, 9.17) is 9.84 Å². The fourth-order valence-corrected chi connectivity index (χ4v) is 1.63. The van der Waals surface area contributed by atoms with Crippen molar-refractivity contribution < 1.29 is 29.0 Å². The van der Waals surface area contributed by atoms with Crippen molar-refractivity contribution in [2.24, 2.45) is 0 Å². The molecule has 0 aliphatic rings. The Kier molecular flexibility index (Phi) is 5.55. The Morgan fingerprint density at radius 2 is 2.05 bits per heavy atom. The van der Waals surface area contributed by atoms with E-state index in [1.807, 2.05) is 27.9 Å². The standard InChI is InChI=1S/C11H10INO6/c1-18-11(17)13-9(14)5-19-8-3-2-6(12)4-7(8)10(15)16/h2-4H,5H2,1H3,(H,15,16)(H,13,14,17). The molecule has 0 radical (unpaired) electrons. The quantitative estimate of drug-likeness (QED) is 0.764. The third-order valence-electron chi connectivity index (χ3n) is 1.96. The molecule has 0 unspecified atom stereocenters. The lowest BCUT2D eigenvalue weighted by Crippen LogP contribution is -2.34. The van der Waals surface area contributed by atoms with E-state index < -0.39 is 24.6 Å². The Balaban J connectivity index is 2.70. The first-order chi connectivity index (χ1) is 8.93. The number of carbonyl (C=O) groups is 3. The molecule has 0 aliphatic heterocycles. The van der Waals surface area contributed by atoms with Gasteiger partial charge in [-0.3, -0.25) is 10.1 Å². The van der Waals surface area contributed by atoms with Gasteiger partial charge in [0.15, 0.2) is 6.61 Å². The lowest BCUT2D eigenvalue weighted by Gasteiger charge is -2.09. The maximum atomic E-state index is 11.2. The highest BCUT2D eigenvalue weighted by Crippen LogP contribution is 2.21. The van der Waals surface area contributed by atoms with Gasteiger partial charge in [-0.25, -0.2) is 9.59 Å². The summed E-state index contributed by atoms with van der Waals surface area (Å²) in [6.45, 7) is -0.490. The van der Waals surface area contributed by atoms with Gasteiger partial charge in [-0.1, -0.05) is 0 Å². The number of halogens is 1. The summed E-state index contributed by atoms with van der Waals surface area (Å²) in [6, 6.07) is 4.49. The number of nitrogens with one attached hydrogen (secondary N) is 1. The van der Waals surface area contributed by atoms with Gasteiger partial charge in [0.2, 0.25) is 0 Å². The fraction of sp³-hybridized carbons (Fsp3) is 0.182. The van der Waals surface area contributed by atoms with Gasteiger partial charge in [0.05, 0.1) is 7.11 Å². The van der Waals surface area contributed by atoms with E-state index >= 15 is 0 Å². The van der Waals surface area contributed by atoms with Gasteiger partial charge in [-0.15, -0.1) is 0 Å². The number of carbonyl (C=O) groups excluding carboxylic acids is 2. The van der Waals surface area contributed by atoms with Gasteiger partial charge in [0.1, 0.15) is 11.3 Å². The van der Waals surface area contributed by atoms with Crippen molar-refractivity contribution in [2.75, 3.05) is 13.7 Å². The molecular formula is C11H10INO6. The number of imide groups is 1. The van der Waals surface area contributed by atoms with Crippen molar-refractivity contribution in [3.8, 4) is 5.75 Å². The number of alkyl carbamates (subject to hydrolysis) is 1. The number of carboxylic acids is 1. The summed E-state index contributed by atoms with van der Waals surface area (Å²) >= 11 is 1.96. The van der Waals surface area contributed by atoms with E-state index in [1.54, 1.807) is 6.07 Å². The van der Waals surface area contributed by atoms with Gasteiger partial charge in [-0.05, 0) is 40.8 Å². The van der Waals surface area contributed by atoms with Crippen LogP contribution in [0.1, 0.15) is 10.4 Å². The van der Waals surface area contributed by atoms with Gasteiger partial charge in [-0.2, -0.15) is 0 Å². The Morgan fingerprint density at radius 3 is 2.63 bits per heavy atom. The number of aromatic carboxylic acids is 1. The number of hydrogen-bond donors (Lipinski definition) is 2. The van der Waals surface area contributed by atoms with Crippen LogP contribution in [-0.2, 0) is 9.53 Å². The molecule has 1 rings (SSSR count). The van der Waals surface area contributed by atoms with E-state index in [9.17, 15) is 14.4 Å². The molecule has 2 amide bonds. The zero-order valence-corrected chi connectivity index (χ0v) is 12.0. The molecule has 0 heterocycles. The van der Waals surface area contributed by atoms with Crippen LogP contribution in [0.3, 0.4) is 0 Å². The maximum absolute atomic E-state index is 11.2. The first-order valence-corrected chi connectivity index (χ1v) is 6.05. The molecule has 0 atom stereocenters. The molecular weight excluding hydrogens is 369 g/mol. The smallest absolute Gasteiger partial charge is 0.413 e. The highest BCUT2D eigenvalue weighted by atomic mass is 127. The molecule has 19 heavy (non-hydrogen) atoms.